The van der Waals surface area contributed by atoms with Crippen LogP contribution in [-0.2, 0) is 11.3 Å². The van der Waals surface area contributed by atoms with Crippen molar-refractivity contribution in [3.05, 3.63) is 23.7 Å². The molecular weight excluding hydrogens is 266 g/mol. The van der Waals surface area contributed by atoms with E-state index in [-0.39, 0.29) is 5.91 Å². The van der Waals surface area contributed by atoms with Crippen molar-refractivity contribution in [2.45, 2.75) is 26.3 Å². The van der Waals surface area contributed by atoms with E-state index < -0.39 is 0 Å². The Labute approximate surface area is 127 Å². The van der Waals surface area contributed by atoms with Gasteiger partial charge in [0.1, 0.15) is 11.5 Å². The normalized spacial score (nSPS) is 19.0. The Morgan fingerprint density at radius 3 is 2.86 bits per heavy atom. The fourth-order valence-corrected chi connectivity index (χ4v) is 2.83. The van der Waals surface area contributed by atoms with Crippen LogP contribution in [-0.4, -0.2) is 56.0 Å². The van der Waals surface area contributed by atoms with Gasteiger partial charge in [0.15, 0.2) is 0 Å². The quantitative estimate of drug-likeness (QED) is 0.863. The summed E-state index contributed by atoms with van der Waals surface area (Å²) in [4.78, 5) is 16.1. The molecule has 5 nitrogen and oxygen atoms in total. The topological polar surface area (TPSA) is 48.7 Å². The molecule has 1 amide bonds. The number of carbonyl (C=O) groups excluding carboxylic acids is 1. The second kappa shape index (κ2) is 7.61. The van der Waals surface area contributed by atoms with E-state index in [2.05, 4.69) is 10.2 Å². The first-order valence-electron chi connectivity index (χ1n) is 7.73. The summed E-state index contributed by atoms with van der Waals surface area (Å²) >= 11 is 0. The van der Waals surface area contributed by atoms with Gasteiger partial charge in [0.2, 0.25) is 5.91 Å². The highest BCUT2D eigenvalue weighted by molar-refractivity contribution is 5.77. The second-order valence-electron chi connectivity index (χ2n) is 6.17. The van der Waals surface area contributed by atoms with E-state index in [0.29, 0.717) is 19.0 Å². The van der Waals surface area contributed by atoms with Crippen LogP contribution in [0.3, 0.4) is 0 Å². The highest BCUT2D eigenvalue weighted by atomic mass is 16.3. The van der Waals surface area contributed by atoms with E-state index in [1.165, 1.54) is 12.8 Å². The molecule has 0 aromatic carbocycles. The summed E-state index contributed by atoms with van der Waals surface area (Å²) in [6.07, 6.45) is 2.50. The van der Waals surface area contributed by atoms with Crippen molar-refractivity contribution in [3.63, 3.8) is 0 Å². The Hall–Kier alpha value is -1.33. The molecule has 1 aromatic heterocycles. The van der Waals surface area contributed by atoms with Crippen molar-refractivity contribution in [2.24, 2.45) is 5.92 Å². The zero-order chi connectivity index (χ0) is 15.2. The SMILES string of the molecule is Cc1ccc(CN(C)C(=O)CN(C)CC2CCCNC2)o1. The molecule has 0 radical (unpaired) electrons. The number of nitrogens with zero attached hydrogens (tertiary/aromatic N) is 2. The average molecular weight is 293 g/mol. The number of carbonyl (C=O) groups is 1. The van der Waals surface area contributed by atoms with Crippen molar-refractivity contribution >= 4 is 5.91 Å². The molecule has 5 heteroatoms. The third-order valence-electron chi connectivity index (χ3n) is 3.99. The van der Waals surface area contributed by atoms with Gasteiger partial charge in [0.25, 0.3) is 0 Å². The standard InChI is InChI=1S/C16H27N3O2/c1-13-6-7-15(21-13)11-19(3)16(20)12-18(2)10-14-5-4-8-17-9-14/h6-7,14,17H,4-5,8-12H2,1-3H3. The lowest BCUT2D eigenvalue weighted by Crippen LogP contribution is -2.41. The van der Waals surface area contributed by atoms with Gasteiger partial charge in [-0.05, 0) is 58.0 Å². The maximum absolute atomic E-state index is 12.2. The molecule has 118 valence electrons. The minimum atomic E-state index is 0.135. The van der Waals surface area contributed by atoms with Crippen molar-refractivity contribution in [1.82, 2.24) is 15.1 Å². The van der Waals surface area contributed by atoms with Crippen LogP contribution in [0.15, 0.2) is 16.5 Å². The van der Waals surface area contributed by atoms with E-state index in [1.54, 1.807) is 4.90 Å². The first-order valence-corrected chi connectivity index (χ1v) is 7.73. The lowest BCUT2D eigenvalue weighted by atomic mass is 9.99. The van der Waals surface area contributed by atoms with Crippen LogP contribution in [0.25, 0.3) is 0 Å². The molecular formula is C16H27N3O2. The zero-order valence-electron chi connectivity index (χ0n) is 13.4. The molecule has 1 aliphatic rings. The van der Waals surface area contributed by atoms with Gasteiger partial charge < -0.3 is 14.6 Å². The minimum Gasteiger partial charge on any atom is -0.464 e. The Bertz CT molecular complexity index is 452. The minimum absolute atomic E-state index is 0.135. The number of amides is 1. The number of hydrogen-bond donors (Lipinski definition) is 1. The number of nitrogens with one attached hydrogen (secondary N) is 1. The molecule has 1 unspecified atom stereocenters. The molecule has 1 N–H and O–H groups in total. The summed E-state index contributed by atoms with van der Waals surface area (Å²) in [5, 5.41) is 3.42. The van der Waals surface area contributed by atoms with Crippen LogP contribution < -0.4 is 5.32 Å². The summed E-state index contributed by atoms with van der Waals surface area (Å²) in [6.45, 7) is 6.09. The highest BCUT2D eigenvalue weighted by Gasteiger charge is 2.18. The molecule has 1 saturated heterocycles. The predicted octanol–water partition coefficient (Wildman–Crippen LogP) is 1.48. The van der Waals surface area contributed by atoms with Crippen LogP contribution in [0.5, 0.6) is 0 Å². The summed E-state index contributed by atoms with van der Waals surface area (Å²) in [6, 6.07) is 3.85. The molecule has 1 aromatic rings. The van der Waals surface area contributed by atoms with Crippen molar-refractivity contribution < 1.29 is 9.21 Å². The highest BCUT2D eigenvalue weighted by Crippen LogP contribution is 2.12. The van der Waals surface area contributed by atoms with Gasteiger partial charge in [-0.2, -0.15) is 0 Å². The van der Waals surface area contributed by atoms with Crippen LogP contribution in [0.4, 0.5) is 0 Å². The number of piperidine rings is 1. The molecule has 0 saturated carbocycles. The first-order chi connectivity index (χ1) is 10.0. The second-order valence-corrected chi connectivity index (χ2v) is 6.17. The van der Waals surface area contributed by atoms with E-state index in [4.69, 9.17) is 4.42 Å². The Kier molecular flexibility index (Phi) is 5.82. The van der Waals surface area contributed by atoms with Gasteiger partial charge >= 0.3 is 0 Å². The zero-order valence-corrected chi connectivity index (χ0v) is 13.4. The molecule has 0 aliphatic carbocycles. The molecule has 1 fully saturated rings. The molecule has 2 rings (SSSR count). The molecule has 1 atom stereocenters. The van der Waals surface area contributed by atoms with Gasteiger partial charge in [-0.25, -0.2) is 0 Å². The largest absolute Gasteiger partial charge is 0.464 e. The van der Waals surface area contributed by atoms with Gasteiger partial charge in [0, 0.05) is 13.6 Å². The predicted molar refractivity (Wildman–Crippen MR) is 83.0 cm³/mol. The number of furan rings is 1. The fourth-order valence-electron chi connectivity index (χ4n) is 2.83. The third-order valence-corrected chi connectivity index (χ3v) is 3.99. The molecule has 1 aliphatic heterocycles. The van der Waals surface area contributed by atoms with Crippen LogP contribution in [0, 0.1) is 12.8 Å². The van der Waals surface area contributed by atoms with Gasteiger partial charge in [-0.3, -0.25) is 9.69 Å². The van der Waals surface area contributed by atoms with Gasteiger partial charge in [-0.15, -0.1) is 0 Å². The maximum Gasteiger partial charge on any atom is 0.236 e. The summed E-state index contributed by atoms with van der Waals surface area (Å²) in [7, 11) is 3.85. The lowest BCUT2D eigenvalue weighted by molar-refractivity contribution is -0.131. The smallest absolute Gasteiger partial charge is 0.236 e. The lowest BCUT2D eigenvalue weighted by Gasteiger charge is -2.28. The van der Waals surface area contributed by atoms with Gasteiger partial charge in [-0.1, -0.05) is 0 Å². The maximum atomic E-state index is 12.2. The molecule has 21 heavy (non-hydrogen) atoms. The first kappa shape index (κ1) is 16.0. The number of hydrogen-bond acceptors (Lipinski definition) is 4. The van der Waals surface area contributed by atoms with Crippen molar-refractivity contribution in [2.75, 3.05) is 40.3 Å². The average Bonchev–Trinajstić information content (AvgIpc) is 2.85. The monoisotopic (exact) mass is 293 g/mol. The van der Waals surface area contributed by atoms with E-state index >= 15 is 0 Å². The number of rotatable bonds is 6. The third kappa shape index (κ3) is 5.17. The van der Waals surface area contributed by atoms with E-state index in [0.717, 1.165) is 31.2 Å². The summed E-state index contributed by atoms with van der Waals surface area (Å²) < 4.78 is 5.52. The fraction of sp³-hybridized carbons (Fsp3) is 0.688. The van der Waals surface area contributed by atoms with Crippen LogP contribution in [0.1, 0.15) is 24.4 Å². The van der Waals surface area contributed by atoms with E-state index in [9.17, 15) is 4.79 Å². The Morgan fingerprint density at radius 2 is 2.24 bits per heavy atom. The van der Waals surface area contributed by atoms with Crippen LogP contribution >= 0.6 is 0 Å². The van der Waals surface area contributed by atoms with Crippen molar-refractivity contribution in [3.8, 4) is 0 Å². The number of likely N-dealkylation sites (N-methyl/N-ethyl adjacent to an activating group) is 2. The van der Waals surface area contributed by atoms with Crippen molar-refractivity contribution in [1.29, 1.82) is 0 Å². The van der Waals surface area contributed by atoms with Crippen LogP contribution in [0.2, 0.25) is 0 Å². The number of aryl methyl sites for hydroxylation is 1. The summed E-state index contributed by atoms with van der Waals surface area (Å²) in [5.41, 5.74) is 0. The Morgan fingerprint density at radius 1 is 1.43 bits per heavy atom. The van der Waals surface area contributed by atoms with Gasteiger partial charge in [0.05, 0.1) is 13.1 Å². The molecule has 2 heterocycles. The summed E-state index contributed by atoms with van der Waals surface area (Å²) in [5.74, 6) is 2.51. The molecule has 0 bridgehead atoms. The Balaban J connectivity index is 1.74. The molecule has 0 spiro atoms. The van der Waals surface area contributed by atoms with E-state index in [1.807, 2.05) is 33.2 Å².